The molecule has 1 aliphatic heterocycles. The van der Waals surface area contributed by atoms with E-state index >= 15 is 0 Å². The summed E-state index contributed by atoms with van der Waals surface area (Å²) in [5, 5.41) is 0. The standard InChI is InChI=1S/C13H17NOS/c1-9(2)7-10(14)12-8-16-13-6-4-3-5-11(13)15-12/h3-7,10,12H,8,14H2,1-2H3. The highest BCUT2D eigenvalue weighted by molar-refractivity contribution is 7.99. The molecule has 0 saturated heterocycles. The third kappa shape index (κ3) is 2.60. The predicted octanol–water partition coefficient (Wildman–Crippen LogP) is 2.83. The molecule has 0 radical (unpaired) electrons. The normalized spacial score (nSPS) is 20.6. The van der Waals surface area contributed by atoms with Crippen molar-refractivity contribution in [2.75, 3.05) is 5.75 Å². The molecule has 16 heavy (non-hydrogen) atoms. The van der Waals surface area contributed by atoms with E-state index in [4.69, 9.17) is 10.5 Å². The molecular weight excluding hydrogens is 218 g/mol. The average molecular weight is 235 g/mol. The molecule has 1 heterocycles. The molecule has 1 aliphatic rings. The lowest BCUT2D eigenvalue weighted by molar-refractivity contribution is 0.201. The topological polar surface area (TPSA) is 35.2 Å². The van der Waals surface area contributed by atoms with Crippen LogP contribution in [-0.2, 0) is 0 Å². The summed E-state index contributed by atoms with van der Waals surface area (Å²) < 4.78 is 5.90. The molecule has 2 atom stereocenters. The van der Waals surface area contributed by atoms with Gasteiger partial charge in [0.25, 0.3) is 0 Å². The van der Waals surface area contributed by atoms with Crippen molar-refractivity contribution < 1.29 is 4.74 Å². The first-order chi connectivity index (χ1) is 7.66. The third-order valence-electron chi connectivity index (χ3n) is 2.49. The van der Waals surface area contributed by atoms with Crippen LogP contribution in [0, 0.1) is 0 Å². The molecule has 0 spiro atoms. The number of allylic oxidation sites excluding steroid dienone is 1. The van der Waals surface area contributed by atoms with Gasteiger partial charge in [-0.05, 0) is 26.0 Å². The van der Waals surface area contributed by atoms with Gasteiger partial charge in [0.15, 0.2) is 0 Å². The Morgan fingerprint density at radius 1 is 1.50 bits per heavy atom. The van der Waals surface area contributed by atoms with E-state index in [0.717, 1.165) is 11.5 Å². The van der Waals surface area contributed by atoms with E-state index in [9.17, 15) is 0 Å². The van der Waals surface area contributed by atoms with Crippen LogP contribution >= 0.6 is 11.8 Å². The number of thioether (sulfide) groups is 1. The van der Waals surface area contributed by atoms with Crippen LogP contribution in [0.15, 0.2) is 40.8 Å². The first-order valence-corrected chi connectivity index (χ1v) is 6.44. The van der Waals surface area contributed by atoms with E-state index in [1.807, 2.05) is 30.0 Å². The summed E-state index contributed by atoms with van der Waals surface area (Å²) >= 11 is 1.82. The maximum Gasteiger partial charge on any atom is 0.133 e. The lowest BCUT2D eigenvalue weighted by Crippen LogP contribution is -2.40. The van der Waals surface area contributed by atoms with Gasteiger partial charge in [-0.25, -0.2) is 0 Å². The lowest BCUT2D eigenvalue weighted by Gasteiger charge is -2.28. The first kappa shape index (κ1) is 11.6. The van der Waals surface area contributed by atoms with Crippen LogP contribution in [0.5, 0.6) is 5.75 Å². The van der Waals surface area contributed by atoms with Crippen molar-refractivity contribution in [1.82, 2.24) is 0 Å². The zero-order chi connectivity index (χ0) is 11.5. The number of ether oxygens (including phenoxy) is 1. The number of nitrogens with two attached hydrogens (primary N) is 1. The van der Waals surface area contributed by atoms with Gasteiger partial charge < -0.3 is 10.5 Å². The summed E-state index contributed by atoms with van der Waals surface area (Å²) in [5.41, 5.74) is 7.33. The van der Waals surface area contributed by atoms with Crippen molar-refractivity contribution in [3.8, 4) is 5.75 Å². The summed E-state index contributed by atoms with van der Waals surface area (Å²) in [4.78, 5) is 1.21. The minimum atomic E-state index is -0.0224. The van der Waals surface area contributed by atoms with E-state index in [2.05, 4.69) is 26.0 Å². The van der Waals surface area contributed by atoms with Crippen molar-refractivity contribution in [3.05, 3.63) is 35.9 Å². The minimum Gasteiger partial charge on any atom is -0.486 e. The fourth-order valence-electron chi connectivity index (χ4n) is 1.72. The number of fused-ring (bicyclic) bond motifs is 1. The molecule has 2 unspecified atom stereocenters. The second-order valence-electron chi connectivity index (χ2n) is 4.24. The Bertz CT molecular complexity index is 399. The van der Waals surface area contributed by atoms with Crippen LogP contribution < -0.4 is 10.5 Å². The SMILES string of the molecule is CC(C)=CC(N)C1CSc2ccccc2O1. The highest BCUT2D eigenvalue weighted by Crippen LogP contribution is 2.35. The Labute approximate surface area is 101 Å². The van der Waals surface area contributed by atoms with Crippen molar-refractivity contribution >= 4 is 11.8 Å². The second kappa shape index (κ2) is 4.93. The largest absolute Gasteiger partial charge is 0.486 e. The fourth-order valence-corrected chi connectivity index (χ4v) is 2.78. The Kier molecular flexibility index (Phi) is 3.56. The van der Waals surface area contributed by atoms with Gasteiger partial charge >= 0.3 is 0 Å². The first-order valence-electron chi connectivity index (χ1n) is 5.46. The minimum absolute atomic E-state index is 0.0224. The molecule has 0 aromatic heterocycles. The molecule has 2 N–H and O–H groups in total. The highest BCUT2D eigenvalue weighted by atomic mass is 32.2. The molecular formula is C13H17NOS. The smallest absolute Gasteiger partial charge is 0.133 e. The maximum absolute atomic E-state index is 6.09. The quantitative estimate of drug-likeness (QED) is 0.801. The highest BCUT2D eigenvalue weighted by Gasteiger charge is 2.24. The molecule has 0 aliphatic carbocycles. The van der Waals surface area contributed by atoms with Crippen LogP contribution in [0.25, 0.3) is 0 Å². The van der Waals surface area contributed by atoms with Gasteiger partial charge in [0.2, 0.25) is 0 Å². The lowest BCUT2D eigenvalue weighted by atomic mass is 10.1. The van der Waals surface area contributed by atoms with Crippen LogP contribution in [0.3, 0.4) is 0 Å². The average Bonchev–Trinajstić information content (AvgIpc) is 2.27. The van der Waals surface area contributed by atoms with Gasteiger partial charge in [0.1, 0.15) is 11.9 Å². The summed E-state index contributed by atoms with van der Waals surface area (Å²) in [7, 11) is 0. The number of hydrogen-bond donors (Lipinski definition) is 1. The van der Waals surface area contributed by atoms with Gasteiger partial charge in [-0.1, -0.05) is 23.8 Å². The van der Waals surface area contributed by atoms with E-state index in [0.29, 0.717) is 0 Å². The van der Waals surface area contributed by atoms with E-state index in [1.165, 1.54) is 10.5 Å². The van der Waals surface area contributed by atoms with Gasteiger partial charge in [-0.3, -0.25) is 0 Å². The number of hydrogen-bond acceptors (Lipinski definition) is 3. The zero-order valence-electron chi connectivity index (χ0n) is 9.64. The maximum atomic E-state index is 6.09. The molecule has 1 aromatic rings. The molecule has 3 heteroatoms. The summed E-state index contributed by atoms with van der Waals surface area (Å²) in [5.74, 6) is 1.88. The second-order valence-corrected chi connectivity index (χ2v) is 5.30. The summed E-state index contributed by atoms with van der Waals surface area (Å²) in [6.45, 7) is 4.12. The molecule has 86 valence electrons. The predicted molar refractivity (Wildman–Crippen MR) is 69.0 cm³/mol. The molecule has 2 nitrogen and oxygen atoms in total. The van der Waals surface area contributed by atoms with Crippen LogP contribution in [0.4, 0.5) is 0 Å². The van der Waals surface area contributed by atoms with Gasteiger partial charge in [0.05, 0.1) is 6.04 Å². The van der Waals surface area contributed by atoms with E-state index in [-0.39, 0.29) is 12.1 Å². The molecule has 0 fully saturated rings. The van der Waals surface area contributed by atoms with Crippen LogP contribution in [0.2, 0.25) is 0 Å². The number of benzene rings is 1. The Morgan fingerprint density at radius 3 is 3.00 bits per heavy atom. The fraction of sp³-hybridized carbons (Fsp3) is 0.385. The van der Waals surface area contributed by atoms with E-state index in [1.54, 1.807) is 0 Å². The van der Waals surface area contributed by atoms with Crippen LogP contribution in [-0.4, -0.2) is 17.9 Å². The van der Waals surface area contributed by atoms with Gasteiger partial charge in [-0.2, -0.15) is 0 Å². The van der Waals surface area contributed by atoms with Crippen molar-refractivity contribution in [1.29, 1.82) is 0 Å². The van der Waals surface area contributed by atoms with Crippen LogP contribution in [0.1, 0.15) is 13.8 Å². The zero-order valence-corrected chi connectivity index (χ0v) is 10.5. The van der Waals surface area contributed by atoms with Crippen molar-refractivity contribution in [3.63, 3.8) is 0 Å². The number of para-hydroxylation sites is 1. The summed E-state index contributed by atoms with van der Waals surface area (Å²) in [6, 6.07) is 8.09. The van der Waals surface area contributed by atoms with Crippen molar-refractivity contribution in [2.45, 2.75) is 30.9 Å². The molecule has 1 aromatic carbocycles. The van der Waals surface area contributed by atoms with Gasteiger partial charge in [-0.15, -0.1) is 11.8 Å². The van der Waals surface area contributed by atoms with Gasteiger partial charge in [0, 0.05) is 10.6 Å². The monoisotopic (exact) mass is 235 g/mol. The molecule has 0 amide bonds. The molecule has 0 saturated carbocycles. The molecule has 0 bridgehead atoms. The van der Waals surface area contributed by atoms with Crippen molar-refractivity contribution in [2.24, 2.45) is 5.73 Å². The number of rotatable bonds is 2. The Balaban J connectivity index is 2.11. The summed E-state index contributed by atoms with van der Waals surface area (Å²) in [6.07, 6.45) is 2.15. The Morgan fingerprint density at radius 2 is 2.25 bits per heavy atom. The van der Waals surface area contributed by atoms with E-state index < -0.39 is 0 Å². The third-order valence-corrected chi connectivity index (χ3v) is 3.63. The molecule has 2 rings (SSSR count). The Hall–Kier alpha value is -0.930.